The normalized spacial score (nSPS) is 13.2. The molecule has 1 aromatic carbocycles. The van der Waals surface area contributed by atoms with Crippen molar-refractivity contribution in [1.82, 2.24) is 0 Å². The number of alkyl halides is 6. The minimum Gasteiger partial charge on any atom is -0.330 e. The minimum absolute atomic E-state index is 0. The third-order valence-corrected chi connectivity index (χ3v) is 3.90. The van der Waals surface area contributed by atoms with Crippen molar-refractivity contribution in [3.63, 3.8) is 0 Å². The van der Waals surface area contributed by atoms with E-state index in [1.165, 1.54) is 6.92 Å². The van der Waals surface area contributed by atoms with Crippen molar-refractivity contribution in [2.75, 3.05) is 17.6 Å². The molecule has 0 heterocycles. The van der Waals surface area contributed by atoms with Crippen LogP contribution in [0.4, 0.5) is 32.0 Å². The van der Waals surface area contributed by atoms with Crippen molar-refractivity contribution >= 4 is 35.8 Å². The summed E-state index contributed by atoms with van der Waals surface area (Å²) < 4.78 is 75.0. The van der Waals surface area contributed by atoms with E-state index in [4.69, 9.17) is 5.73 Å². The Morgan fingerprint density at radius 2 is 1.83 bits per heavy atom. The smallest absolute Gasteiger partial charge is 0.330 e. The van der Waals surface area contributed by atoms with Crippen molar-refractivity contribution in [3.8, 4) is 0 Å². The Balaban J connectivity index is 0.00000529. The molecule has 0 aliphatic rings. The maximum atomic E-state index is 12.7. The third kappa shape index (κ3) is 7.18. The number of nitrogens with one attached hydrogen (secondary N) is 1. The molecule has 138 valence electrons. The van der Waals surface area contributed by atoms with Gasteiger partial charge in [-0.25, -0.2) is 0 Å². The zero-order chi connectivity index (χ0) is 17.8. The Morgan fingerprint density at radius 3 is 2.29 bits per heavy atom. The zero-order valence-electron chi connectivity index (χ0n) is 12.3. The lowest BCUT2D eigenvalue weighted by molar-refractivity contribution is -0.137. The quantitative estimate of drug-likeness (QED) is 0.576. The number of hydrogen-bond donors (Lipinski definition) is 2. The average molecular weight is 397 g/mol. The highest BCUT2D eigenvalue weighted by molar-refractivity contribution is 7.99. The van der Waals surface area contributed by atoms with E-state index in [-0.39, 0.29) is 29.5 Å². The summed E-state index contributed by atoms with van der Waals surface area (Å²) in [5.74, 6) is -2.64. The standard InChI is InChI=1S/C13H14F6N2OS.ClH/c1-7(5-20)11(22)21-9-4-8(13(17,18)19)2-3-10(9)23-6-12(14,15)16;/h2-4,7H,5-6,20H2,1H3,(H,21,22);1H. The largest absolute Gasteiger partial charge is 0.416 e. The first-order valence-electron chi connectivity index (χ1n) is 6.35. The topological polar surface area (TPSA) is 55.1 Å². The van der Waals surface area contributed by atoms with Crippen molar-refractivity contribution in [2.24, 2.45) is 11.7 Å². The Kier molecular flexibility index (Phi) is 8.40. The van der Waals surface area contributed by atoms with E-state index in [9.17, 15) is 31.1 Å². The number of carbonyl (C=O) groups excluding carboxylic acids is 1. The molecular weight excluding hydrogens is 382 g/mol. The van der Waals surface area contributed by atoms with Crippen molar-refractivity contribution < 1.29 is 31.1 Å². The van der Waals surface area contributed by atoms with E-state index in [0.29, 0.717) is 23.9 Å². The number of benzene rings is 1. The van der Waals surface area contributed by atoms with Gasteiger partial charge in [0.1, 0.15) is 0 Å². The monoisotopic (exact) mass is 396 g/mol. The van der Waals surface area contributed by atoms with Crippen LogP contribution in [0, 0.1) is 5.92 Å². The molecule has 0 bridgehead atoms. The molecule has 0 aliphatic heterocycles. The highest BCUT2D eigenvalue weighted by Crippen LogP contribution is 2.37. The van der Waals surface area contributed by atoms with Crippen LogP contribution in [0.3, 0.4) is 0 Å². The minimum atomic E-state index is -4.67. The molecular formula is C13H15ClF6N2OS. The molecule has 3 nitrogen and oxygen atoms in total. The van der Waals surface area contributed by atoms with Gasteiger partial charge in [-0.05, 0) is 18.2 Å². The van der Waals surface area contributed by atoms with Crippen molar-refractivity contribution in [2.45, 2.75) is 24.2 Å². The van der Waals surface area contributed by atoms with E-state index in [0.717, 1.165) is 6.07 Å². The zero-order valence-corrected chi connectivity index (χ0v) is 13.9. The van der Waals surface area contributed by atoms with E-state index in [2.05, 4.69) is 5.32 Å². The summed E-state index contributed by atoms with van der Waals surface area (Å²) in [6.45, 7) is 1.40. The van der Waals surface area contributed by atoms with Gasteiger partial charge in [0, 0.05) is 17.4 Å². The second-order valence-corrected chi connectivity index (χ2v) is 5.76. The summed E-state index contributed by atoms with van der Waals surface area (Å²) in [4.78, 5) is 11.7. The van der Waals surface area contributed by atoms with Gasteiger partial charge < -0.3 is 11.1 Å². The fourth-order valence-corrected chi connectivity index (χ4v) is 2.20. The lowest BCUT2D eigenvalue weighted by Gasteiger charge is -2.16. The highest BCUT2D eigenvalue weighted by atomic mass is 35.5. The van der Waals surface area contributed by atoms with E-state index in [1.807, 2.05) is 0 Å². The number of carbonyl (C=O) groups is 1. The third-order valence-electron chi connectivity index (χ3n) is 2.76. The number of amides is 1. The molecule has 1 atom stereocenters. The van der Waals surface area contributed by atoms with Crippen LogP contribution in [0.15, 0.2) is 23.1 Å². The molecule has 1 aromatic rings. The van der Waals surface area contributed by atoms with Crippen LogP contribution in [-0.2, 0) is 11.0 Å². The number of anilines is 1. The lowest BCUT2D eigenvalue weighted by Crippen LogP contribution is -2.27. The Morgan fingerprint density at radius 1 is 1.25 bits per heavy atom. The molecule has 0 saturated carbocycles. The number of thioether (sulfide) groups is 1. The Bertz CT molecular complexity index is 564. The maximum absolute atomic E-state index is 12.7. The van der Waals surface area contributed by atoms with Crippen molar-refractivity contribution in [3.05, 3.63) is 23.8 Å². The molecule has 1 rings (SSSR count). The van der Waals surface area contributed by atoms with Gasteiger partial charge in [-0.3, -0.25) is 4.79 Å². The fourth-order valence-electron chi connectivity index (χ4n) is 1.45. The number of rotatable bonds is 5. The average Bonchev–Trinajstić information content (AvgIpc) is 2.42. The van der Waals surface area contributed by atoms with Crippen LogP contribution >= 0.6 is 24.2 Å². The van der Waals surface area contributed by atoms with Crippen LogP contribution in [0.5, 0.6) is 0 Å². The molecule has 1 amide bonds. The second-order valence-electron chi connectivity index (χ2n) is 4.74. The molecule has 11 heteroatoms. The van der Waals surface area contributed by atoms with Gasteiger partial charge in [0.2, 0.25) is 5.91 Å². The predicted octanol–water partition coefficient (Wildman–Crippen LogP) is 4.31. The summed E-state index contributed by atoms with van der Waals surface area (Å²) in [5, 5.41) is 2.20. The fraction of sp³-hybridized carbons (Fsp3) is 0.462. The highest BCUT2D eigenvalue weighted by Gasteiger charge is 2.32. The van der Waals surface area contributed by atoms with Gasteiger partial charge in [0.25, 0.3) is 0 Å². The first kappa shape index (κ1) is 22.9. The summed E-state index contributed by atoms with van der Waals surface area (Å²) in [6, 6.07) is 2.18. The van der Waals surface area contributed by atoms with Gasteiger partial charge >= 0.3 is 12.4 Å². The summed E-state index contributed by atoms with van der Waals surface area (Å²) in [6.07, 6.45) is -9.16. The van der Waals surface area contributed by atoms with Crippen LogP contribution in [0.25, 0.3) is 0 Å². The molecule has 0 fully saturated rings. The predicted molar refractivity (Wildman–Crippen MR) is 82.3 cm³/mol. The Labute approximate surface area is 144 Å². The van der Waals surface area contributed by atoms with Gasteiger partial charge in [-0.15, -0.1) is 24.2 Å². The molecule has 1 unspecified atom stereocenters. The molecule has 0 saturated heterocycles. The molecule has 0 aliphatic carbocycles. The number of halogens is 7. The van der Waals surface area contributed by atoms with E-state index < -0.39 is 35.5 Å². The second kappa shape index (κ2) is 8.82. The molecule has 0 spiro atoms. The van der Waals surface area contributed by atoms with Crippen LogP contribution < -0.4 is 11.1 Å². The lowest BCUT2D eigenvalue weighted by atomic mass is 10.1. The summed E-state index contributed by atoms with van der Waals surface area (Å²) >= 11 is 0.296. The number of hydrogen-bond acceptors (Lipinski definition) is 3. The van der Waals surface area contributed by atoms with Gasteiger partial charge in [-0.2, -0.15) is 26.3 Å². The maximum Gasteiger partial charge on any atom is 0.416 e. The van der Waals surface area contributed by atoms with Gasteiger partial charge in [-0.1, -0.05) is 6.92 Å². The molecule has 0 radical (unpaired) electrons. The first-order chi connectivity index (χ1) is 10.4. The molecule has 3 N–H and O–H groups in total. The number of nitrogens with two attached hydrogens (primary N) is 1. The van der Waals surface area contributed by atoms with Crippen LogP contribution in [-0.4, -0.2) is 24.4 Å². The van der Waals surface area contributed by atoms with Gasteiger partial charge in [0.15, 0.2) is 0 Å². The van der Waals surface area contributed by atoms with Crippen molar-refractivity contribution in [1.29, 1.82) is 0 Å². The molecule has 0 aromatic heterocycles. The summed E-state index contributed by atoms with van der Waals surface area (Å²) in [7, 11) is 0. The van der Waals surface area contributed by atoms with Crippen LogP contribution in [0.2, 0.25) is 0 Å². The first-order valence-corrected chi connectivity index (χ1v) is 7.34. The summed E-state index contributed by atoms with van der Waals surface area (Å²) in [5.41, 5.74) is 3.90. The SMILES string of the molecule is CC(CN)C(=O)Nc1cc(C(F)(F)F)ccc1SCC(F)(F)F.Cl. The van der Waals surface area contributed by atoms with Crippen LogP contribution in [0.1, 0.15) is 12.5 Å². The Hall–Kier alpha value is -1.13. The van der Waals surface area contributed by atoms with E-state index in [1.54, 1.807) is 0 Å². The van der Waals surface area contributed by atoms with Gasteiger partial charge in [0.05, 0.1) is 17.0 Å². The molecule has 24 heavy (non-hydrogen) atoms. The van der Waals surface area contributed by atoms with E-state index >= 15 is 0 Å².